The van der Waals surface area contributed by atoms with Gasteiger partial charge in [-0.3, -0.25) is 28.2 Å². The number of phosphoric ester groups is 1. The Morgan fingerprint density at radius 1 is 0.356 bits per heavy atom. The van der Waals surface area contributed by atoms with E-state index in [1.807, 2.05) is 0 Å². The lowest BCUT2D eigenvalue weighted by Gasteiger charge is -2.50. The van der Waals surface area contributed by atoms with Crippen LogP contribution in [0.25, 0.3) is 0 Å². The molecule has 3 rings (SSSR count). The molecule has 10 N–H and O–H groups in total. The molecule has 0 aromatic carbocycles. The summed E-state index contributed by atoms with van der Waals surface area (Å²) in [5, 5.41) is 102. The summed E-state index contributed by atoms with van der Waals surface area (Å²) in [4.78, 5) is 66.5. The van der Waals surface area contributed by atoms with Gasteiger partial charge in [-0.25, -0.2) is 4.57 Å². The lowest BCUT2D eigenvalue weighted by Crippen LogP contribution is -2.70. The topological polar surface area (TPSA) is 380 Å². The molecular formula is C92H169O25P. The number of ether oxygens (including phenoxy) is 8. The Morgan fingerprint density at radius 3 is 1.10 bits per heavy atom. The summed E-state index contributed by atoms with van der Waals surface area (Å²) in [5.41, 5.74) is 0. The van der Waals surface area contributed by atoms with Gasteiger partial charge in [0, 0.05) is 25.7 Å². The monoisotopic (exact) mass is 1710 g/mol. The van der Waals surface area contributed by atoms with Crippen LogP contribution in [0, 0.1) is 5.92 Å². The number of aliphatic hydroxyl groups excluding tert-OH is 9. The highest BCUT2D eigenvalue weighted by Crippen LogP contribution is 2.49. The molecule has 0 bridgehead atoms. The molecule has 26 heteroatoms. The van der Waals surface area contributed by atoms with Crippen LogP contribution in [0.15, 0.2) is 24.3 Å². The van der Waals surface area contributed by atoms with E-state index in [1.165, 1.54) is 141 Å². The fourth-order valence-electron chi connectivity index (χ4n) is 15.7. The molecule has 118 heavy (non-hydrogen) atoms. The van der Waals surface area contributed by atoms with Crippen molar-refractivity contribution in [3.8, 4) is 0 Å². The highest BCUT2D eigenvalue weighted by Gasteiger charge is 2.60. The van der Waals surface area contributed by atoms with Crippen LogP contribution in [0.3, 0.4) is 0 Å². The Morgan fingerprint density at radius 2 is 0.686 bits per heavy atom. The van der Waals surface area contributed by atoms with Gasteiger partial charge in [-0.15, -0.1) is 0 Å². The maximum absolute atomic E-state index is 14.9. The number of allylic oxidation sites excluding steroid dienone is 4. The van der Waals surface area contributed by atoms with E-state index in [0.717, 1.165) is 161 Å². The molecule has 692 valence electrons. The summed E-state index contributed by atoms with van der Waals surface area (Å²) >= 11 is 0. The molecule has 19 unspecified atom stereocenters. The summed E-state index contributed by atoms with van der Waals surface area (Å²) in [5.74, 6) is -2.29. The van der Waals surface area contributed by atoms with Crippen LogP contribution in [0.2, 0.25) is 0 Å². The van der Waals surface area contributed by atoms with Gasteiger partial charge in [0.15, 0.2) is 24.8 Å². The van der Waals surface area contributed by atoms with Crippen molar-refractivity contribution in [3.63, 3.8) is 0 Å². The minimum absolute atomic E-state index is 0.0148. The van der Waals surface area contributed by atoms with E-state index >= 15 is 0 Å². The smallest absolute Gasteiger partial charge is 0.463 e. The molecule has 2 heterocycles. The number of carbonyl (C=O) groups is 4. The second-order valence-corrected chi connectivity index (χ2v) is 35.6. The summed E-state index contributed by atoms with van der Waals surface area (Å²) in [7, 11) is -5.81. The molecule has 0 aromatic heterocycles. The van der Waals surface area contributed by atoms with Crippen molar-refractivity contribution in [1.29, 1.82) is 0 Å². The number of rotatable bonds is 76. The maximum atomic E-state index is 14.9. The first kappa shape index (κ1) is 109. The summed E-state index contributed by atoms with van der Waals surface area (Å²) < 4.78 is 73.5. The fourth-order valence-corrected chi connectivity index (χ4v) is 16.6. The van der Waals surface area contributed by atoms with Crippen molar-refractivity contribution in [3.05, 3.63) is 24.3 Å². The Kier molecular flexibility index (Phi) is 64.9. The zero-order valence-electron chi connectivity index (χ0n) is 73.9. The van der Waals surface area contributed by atoms with Crippen molar-refractivity contribution >= 4 is 31.7 Å². The van der Waals surface area contributed by atoms with Crippen LogP contribution in [-0.4, -0.2) is 205 Å². The number of esters is 4. The first-order valence-corrected chi connectivity index (χ1v) is 49.0. The van der Waals surface area contributed by atoms with E-state index in [2.05, 4.69) is 58.9 Å². The van der Waals surface area contributed by atoms with E-state index in [0.29, 0.717) is 44.4 Å². The number of hydrogen-bond acceptors (Lipinski definition) is 24. The second kappa shape index (κ2) is 70.2. The summed E-state index contributed by atoms with van der Waals surface area (Å²) in [6.45, 7) is 7.89. The van der Waals surface area contributed by atoms with Crippen molar-refractivity contribution in [2.45, 2.75) is 505 Å². The van der Waals surface area contributed by atoms with Crippen molar-refractivity contribution in [1.82, 2.24) is 0 Å². The standard InChI is InChI=1S/C92H169O25P/c1-6-10-14-18-22-25-28-31-33-36-38-41-44-51-57-63-75(94)108-68-72(111-77(96)65-59-53-45-42-40-37-34-32-29-26-23-19-15-11-7-2)69-110-118(106,107)117-90-88(115-91-85(104)81(100)79(98)73(67-93)112-91)84(103)83(102)87(114-78(97)66-60-54-46-43-39-35-30-27-24-20-16-12-8-3)89(90)116-92-86(105)82(101)80(99)74(113-92)70-109-76(95)64-58-52-48-47-50-56-62-71(5)61-55-49-21-17-13-9-4/h25-26,28-29,71-74,79-93,98-105H,6-24,27,30-70H2,1-5H3,(H,106,107)/b28-25-,29-26-. The average molecular weight is 1710 g/mol. The maximum Gasteiger partial charge on any atom is 0.472 e. The average Bonchev–Trinajstić information content (AvgIpc) is 0.751. The highest BCUT2D eigenvalue weighted by atomic mass is 31.2. The van der Waals surface area contributed by atoms with E-state index in [9.17, 15) is 74.6 Å². The van der Waals surface area contributed by atoms with Crippen LogP contribution in [0.1, 0.15) is 401 Å². The van der Waals surface area contributed by atoms with Crippen LogP contribution < -0.4 is 0 Å². The number of hydrogen-bond donors (Lipinski definition) is 10. The van der Waals surface area contributed by atoms with Crippen molar-refractivity contribution in [2.75, 3.05) is 26.4 Å². The van der Waals surface area contributed by atoms with Gasteiger partial charge < -0.3 is 88.7 Å². The van der Waals surface area contributed by atoms with Gasteiger partial charge in [-0.1, -0.05) is 322 Å². The van der Waals surface area contributed by atoms with Crippen LogP contribution in [0.5, 0.6) is 0 Å². The van der Waals surface area contributed by atoms with E-state index in [1.54, 1.807) is 0 Å². The third-order valence-electron chi connectivity index (χ3n) is 23.3. The van der Waals surface area contributed by atoms with Crippen LogP contribution in [0.4, 0.5) is 0 Å². The zero-order chi connectivity index (χ0) is 86.2. The van der Waals surface area contributed by atoms with Gasteiger partial charge >= 0.3 is 31.7 Å². The molecular weight excluding hydrogens is 1540 g/mol. The summed E-state index contributed by atoms with van der Waals surface area (Å²) in [6.07, 6.45) is 28.8. The van der Waals surface area contributed by atoms with Crippen molar-refractivity contribution in [2.24, 2.45) is 5.92 Å². The molecule has 0 spiro atoms. The van der Waals surface area contributed by atoms with Gasteiger partial charge in [0.25, 0.3) is 0 Å². The number of phosphoric acid groups is 1. The first-order chi connectivity index (χ1) is 57.1. The fraction of sp³-hybridized carbons (Fsp3) is 0.913. The largest absolute Gasteiger partial charge is 0.472 e. The number of unbranched alkanes of at least 4 members (excludes halogenated alkanes) is 44. The Hall–Kier alpha value is -3.05. The lowest BCUT2D eigenvalue weighted by molar-refractivity contribution is -0.360. The third kappa shape index (κ3) is 50.2. The quantitative estimate of drug-likeness (QED) is 0.00889. The Bertz CT molecular complexity index is 2570. The second-order valence-electron chi connectivity index (χ2n) is 34.1. The molecule has 3 fully saturated rings. The van der Waals surface area contributed by atoms with Gasteiger partial charge in [0.1, 0.15) is 92.6 Å². The van der Waals surface area contributed by atoms with Crippen LogP contribution in [-0.2, 0) is 70.7 Å². The van der Waals surface area contributed by atoms with Gasteiger partial charge in [-0.05, 0) is 83.0 Å². The lowest BCUT2D eigenvalue weighted by atomic mass is 9.84. The van der Waals surface area contributed by atoms with Gasteiger partial charge in [-0.2, -0.15) is 0 Å². The van der Waals surface area contributed by atoms with Crippen LogP contribution >= 0.6 is 7.82 Å². The third-order valence-corrected chi connectivity index (χ3v) is 24.3. The van der Waals surface area contributed by atoms with Gasteiger partial charge in [0.2, 0.25) is 0 Å². The predicted molar refractivity (Wildman–Crippen MR) is 458 cm³/mol. The predicted octanol–water partition coefficient (Wildman–Crippen LogP) is 17.6. The Balaban J connectivity index is 1.92. The molecule has 25 nitrogen and oxygen atoms in total. The molecule has 0 aromatic rings. The molecule has 3 aliphatic rings. The SMILES string of the molecule is CCCCCC/C=C\CCCCCCCCCC(=O)OCC(COP(=O)(O)OC1C(OC2OC(CO)C(O)C(O)C2O)C(O)C(O)C(OC(=O)CCCCCCCCCCCCCCC)C1OC1OC(COC(=O)CCCCCCCCC(C)CCCCCCCC)C(O)C(O)C1O)OC(=O)CCCCCCCCC/C=C\CCCCCC. The van der Waals surface area contributed by atoms with Gasteiger partial charge in [0.05, 0.1) is 13.2 Å². The Labute approximate surface area is 711 Å². The normalized spacial score (nSPS) is 25.3. The number of carbonyl (C=O) groups excluding carboxylic acids is 4. The van der Waals surface area contributed by atoms with Crippen molar-refractivity contribution < 1.29 is 122 Å². The minimum Gasteiger partial charge on any atom is -0.463 e. The van der Waals surface area contributed by atoms with E-state index in [-0.39, 0.29) is 25.7 Å². The van der Waals surface area contributed by atoms with E-state index < -0.39 is 162 Å². The van der Waals surface area contributed by atoms with E-state index in [4.69, 9.17) is 46.9 Å². The molecule has 19 atom stereocenters. The minimum atomic E-state index is -5.81. The molecule has 2 saturated heterocycles. The first-order valence-electron chi connectivity index (χ1n) is 47.5. The molecule has 0 amide bonds. The highest BCUT2D eigenvalue weighted by molar-refractivity contribution is 7.47. The zero-order valence-corrected chi connectivity index (χ0v) is 74.8. The molecule has 1 aliphatic carbocycles. The number of aliphatic hydroxyl groups is 9. The molecule has 2 aliphatic heterocycles. The summed E-state index contributed by atoms with van der Waals surface area (Å²) in [6, 6.07) is 0. The molecule has 1 saturated carbocycles. The molecule has 0 radical (unpaired) electrons.